The highest BCUT2D eigenvalue weighted by atomic mass is 17.1. The second-order valence-corrected chi connectivity index (χ2v) is 1.05. The predicted molar refractivity (Wildman–Crippen MR) is 20.9 cm³/mol. The van der Waals surface area contributed by atoms with Crippen LogP contribution in [0, 0.1) is 5.21 Å². The van der Waals surface area contributed by atoms with Crippen molar-refractivity contribution in [1.82, 2.24) is 5.23 Å². The molecule has 0 aromatic heterocycles. The van der Waals surface area contributed by atoms with Gasteiger partial charge in [0.1, 0.15) is 0 Å². The second-order valence-electron chi connectivity index (χ2n) is 1.05. The fourth-order valence-corrected chi connectivity index (χ4v) is 0.186. The van der Waals surface area contributed by atoms with Gasteiger partial charge in [-0.25, -0.2) is 5.23 Å². The van der Waals surface area contributed by atoms with Crippen molar-refractivity contribution in [3.05, 3.63) is 5.21 Å². The monoisotopic (exact) mass is 108 g/mol. The summed E-state index contributed by atoms with van der Waals surface area (Å²) in [6, 6.07) is 0. The molecule has 0 saturated carbocycles. The summed E-state index contributed by atoms with van der Waals surface area (Å²) >= 11 is 0. The molecular formula is C2H8N2O3. The molecule has 0 heterocycles. The van der Waals surface area contributed by atoms with Crippen LogP contribution in [-0.4, -0.2) is 24.5 Å². The number of rotatable bonds is 2. The molecule has 0 bridgehead atoms. The van der Waals surface area contributed by atoms with Gasteiger partial charge in [-0.2, -0.15) is 0 Å². The molecule has 44 valence electrons. The minimum atomic E-state index is -0.537. The highest BCUT2D eigenvalue weighted by Crippen LogP contribution is 1.59. The Hall–Kier alpha value is -0.200. The number of quaternary nitrogens is 1. The van der Waals surface area contributed by atoms with E-state index in [-0.39, 0.29) is 0 Å². The Labute approximate surface area is 41.1 Å². The first-order valence-electron chi connectivity index (χ1n) is 1.74. The number of nitrogens with zero attached hydrogens (tertiary/aromatic N) is 1. The quantitative estimate of drug-likeness (QED) is 0.408. The molecule has 0 aliphatic carbocycles. The lowest BCUT2D eigenvalue weighted by Crippen LogP contribution is -3.03. The molecule has 0 aromatic rings. The summed E-state index contributed by atoms with van der Waals surface area (Å²) in [4.78, 5) is 4.00. The van der Waals surface area contributed by atoms with E-state index in [9.17, 15) is 5.21 Å². The minimum Gasteiger partial charge on any atom is -0.598 e. The van der Waals surface area contributed by atoms with Crippen molar-refractivity contribution in [3.8, 4) is 0 Å². The lowest BCUT2D eigenvalue weighted by molar-refractivity contribution is -1.08. The van der Waals surface area contributed by atoms with Crippen molar-refractivity contribution < 1.29 is 15.4 Å². The van der Waals surface area contributed by atoms with E-state index in [2.05, 4.69) is 4.94 Å². The Balaban J connectivity index is 2.95. The third-order valence-corrected chi connectivity index (χ3v) is 0.261. The lowest BCUT2D eigenvalue weighted by atomic mass is 11.5. The van der Waals surface area contributed by atoms with Gasteiger partial charge in [0.15, 0.2) is 0 Å². The fourth-order valence-electron chi connectivity index (χ4n) is 0.186. The standard InChI is InChI=1S/C2H8N2O3/c1-3(5)7-4(2)6/h3,6H,1-2H3. The molecule has 0 spiro atoms. The van der Waals surface area contributed by atoms with Crippen molar-refractivity contribution in [2.45, 2.75) is 0 Å². The van der Waals surface area contributed by atoms with Crippen molar-refractivity contribution in [2.24, 2.45) is 0 Å². The molecule has 7 heavy (non-hydrogen) atoms. The predicted octanol–water partition coefficient (Wildman–Crippen LogP) is -1.83. The van der Waals surface area contributed by atoms with E-state index in [1.165, 1.54) is 14.1 Å². The van der Waals surface area contributed by atoms with Crippen LogP contribution in [0.1, 0.15) is 0 Å². The van der Waals surface area contributed by atoms with E-state index in [4.69, 9.17) is 5.21 Å². The van der Waals surface area contributed by atoms with E-state index in [1.54, 1.807) is 0 Å². The van der Waals surface area contributed by atoms with E-state index < -0.39 is 5.23 Å². The van der Waals surface area contributed by atoms with E-state index in [1.807, 2.05) is 0 Å². The van der Waals surface area contributed by atoms with Crippen LogP contribution in [0.3, 0.4) is 0 Å². The van der Waals surface area contributed by atoms with Gasteiger partial charge in [0.2, 0.25) is 0 Å². The summed E-state index contributed by atoms with van der Waals surface area (Å²) in [6.45, 7) is 0. The summed E-state index contributed by atoms with van der Waals surface area (Å²) in [6.07, 6.45) is 0. The molecule has 1 unspecified atom stereocenters. The highest BCUT2D eigenvalue weighted by Gasteiger charge is 1.90. The molecule has 5 nitrogen and oxygen atoms in total. The molecule has 5 heteroatoms. The van der Waals surface area contributed by atoms with E-state index in [0.29, 0.717) is 5.23 Å². The molecule has 0 radical (unpaired) electrons. The lowest BCUT2D eigenvalue weighted by Gasteiger charge is -2.14. The van der Waals surface area contributed by atoms with Crippen LogP contribution in [0.25, 0.3) is 0 Å². The number of hydrogen-bond acceptors (Lipinski definition) is 4. The van der Waals surface area contributed by atoms with Gasteiger partial charge in [-0.05, 0) is 5.23 Å². The molecule has 1 atom stereocenters. The van der Waals surface area contributed by atoms with E-state index in [0.717, 1.165) is 0 Å². The maximum atomic E-state index is 9.83. The molecule has 0 aromatic carbocycles. The summed E-state index contributed by atoms with van der Waals surface area (Å²) < 4.78 is 0. The molecular weight excluding hydrogens is 100 g/mol. The van der Waals surface area contributed by atoms with Crippen LogP contribution in [0.5, 0.6) is 0 Å². The van der Waals surface area contributed by atoms with Crippen molar-refractivity contribution in [1.29, 1.82) is 0 Å². The maximum Gasteiger partial charge on any atom is 0.0983 e. The van der Waals surface area contributed by atoms with Crippen molar-refractivity contribution >= 4 is 0 Å². The SMILES string of the molecule is CN(O)O[NH+](C)[O-]. The minimum absolute atomic E-state index is 0.350. The maximum absolute atomic E-state index is 9.83. The number of hydroxylamine groups is 4. The first-order valence-corrected chi connectivity index (χ1v) is 1.74. The highest BCUT2D eigenvalue weighted by molar-refractivity contribution is 3.83. The van der Waals surface area contributed by atoms with Gasteiger partial charge in [-0.1, -0.05) is 4.94 Å². The summed E-state index contributed by atoms with van der Waals surface area (Å²) in [5.74, 6) is 0. The van der Waals surface area contributed by atoms with Crippen molar-refractivity contribution in [2.75, 3.05) is 14.1 Å². The zero-order valence-corrected chi connectivity index (χ0v) is 4.21. The van der Waals surface area contributed by atoms with Crippen LogP contribution in [0.15, 0.2) is 0 Å². The molecule has 0 aliphatic heterocycles. The first-order chi connectivity index (χ1) is 3.13. The van der Waals surface area contributed by atoms with Crippen molar-refractivity contribution in [3.63, 3.8) is 0 Å². The van der Waals surface area contributed by atoms with Gasteiger partial charge >= 0.3 is 0 Å². The molecule has 2 N–H and O–H groups in total. The molecule has 0 fully saturated rings. The Morgan fingerprint density at radius 3 is 2.29 bits per heavy atom. The van der Waals surface area contributed by atoms with Gasteiger partial charge in [-0.15, -0.1) is 0 Å². The Bertz CT molecular complexity index is 40.2. The van der Waals surface area contributed by atoms with Crippen LogP contribution >= 0.6 is 0 Å². The van der Waals surface area contributed by atoms with Gasteiger partial charge in [-0.3, -0.25) is 5.21 Å². The van der Waals surface area contributed by atoms with Gasteiger partial charge in [0.25, 0.3) is 0 Å². The first kappa shape index (κ1) is 6.80. The van der Waals surface area contributed by atoms with Gasteiger partial charge in [0.05, 0.1) is 7.05 Å². The normalized spacial score (nSPS) is 15.0. The molecule has 0 saturated heterocycles. The Morgan fingerprint density at radius 1 is 1.86 bits per heavy atom. The molecule has 0 rings (SSSR count). The molecule has 0 aliphatic rings. The largest absolute Gasteiger partial charge is 0.598 e. The summed E-state index contributed by atoms with van der Waals surface area (Å²) in [5.41, 5.74) is 0. The number of hydrogen-bond donors (Lipinski definition) is 2. The third-order valence-electron chi connectivity index (χ3n) is 0.261. The smallest absolute Gasteiger partial charge is 0.0983 e. The zero-order chi connectivity index (χ0) is 5.86. The Kier molecular flexibility index (Phi) is 2.81. The summed E-state index contributed by atoms with van der Waals surface area (Å²) in [7, 11) is 2.41. The zero-order valence-electron chi connectivity index (χ0n) is 4.21. The third kappa shape index (κ3) is 5.80. The average Bonchev–Trinajstić information content (AvgIpc) is 1.27. The van der Waals surface area contributed by atoms with Gasteiger partial charge in [0, 0.05) is 7.05 Å². The van der Waals surface area contributed by atoms with Crippen LogP contribution in [-0.2, 0) is 4.94 Å². The Morgan fingerprint density at radius 2 is 2.29 bits per heavy atom. The van der Waals surface area contributed by atoms with Gasteiger partial charge < -0.3 is 5.21 Å². The van der Waals surface area contributed by atoms with Crippen LogP contribution in [0.2, 0.25) is 0 Å². The second kappa shape index (κ2) is 2.89. The van der Waals surface area contributed by atoms with Crippen LogP contribution < -0.4 is 5.23 Å². The van der Waals surface area contributed by atoms with E-state index >= 15 is 0 Å². The number of nitrogens with one attached hydrogen (secondary N) is 1. The molecule has 0 amide bonds. The fraction of sp³-hybridized carbons (Fsp3) is 1.00. The average molecular weight is 108 g/mol. The van der Waals surface area contributed by atoms with Crippen LogP contribution in [0.4, 0.5) is 0 Å². The summed E-state index contributed by atoms with van der Waals surface area (Å²) in [5, 5.41) is 17.8. The topological polar surface area (TPSA) is 60.2 Å².